The zero-order chi connectivity index (χ0) is 21.3. The molecule has 2 heterocycles. The summed E-state index contributed by atoms with van der Waals surface area (Å²) in [7, 11) is -3.51. The number of hydrogen-bond donors (Lipinski definition) is 0. The highest BCUT2D eigenvalue weighted by Gasteiger charge is 2.27. The van der Waals surface area contributed by atoms with Crippen molar-refractivity contribution in [2.75, 3.05) is 24.5 Å². The van der Waals surface area contributed by atoms with Gasteiger partial charge in [0.15, 0.2) is 0 Å². The Morgan fingerprint density at radius 1 is 1.20 bits per heavy atom. The van der Waals surface area contributed by atoms with Crippen molar-refractivity contribution in [1.82, 2.24) is 9.29 Å². The molecule has 0 saturated heterocycles. The molecule has 0 fully saturated rings. The van der Waals surface area contributed by atoms with Crippen molar-refractivity contribution in [3.05, 3.63) is 59.1 Å². The SMILES string of the molecule is CCN(CC)S(=O)(=O)c1ccc2c(c1)CCN2C(=O)/C=C/c1nc2ccccc2s1. The molecule has 0 N–H and O–H groups in total. The molecule has 0 atom stereocenters. The van der Waals surface area contributed by atoms with Crippen LogP contribution in [0.25, 0.3) is 16.3 Å². The molecule has 1 aliphatic heterocycles. The summed E-state index contributed by atoms with van der Waals surface area (Å²) in [6, 6.07) is 12.9. The van der Waals surface area contributed by atoms with E-state index in [-0.39, 0.29) is 10.8 Å². The third kappa shape index (κ3) is 3.78. The Hall–Kier alpha value is -2.55. The Balaban J connectivity index is 1.55. The second-order valence-electron chi connectivity index (χ2n) is 6.97. The number of fused-ring (bicyclic) bond motifs is 2. The van der Waals surface area contributed by atoms with Gasteiger partial charge in [0.1, 0.15) is 5.01 Å². The molecular weight excluding hydrogens is 418 g/mol. The topological polar surface area (TPSA) is 70.6 Å². The van der Waals surface area contributed by atoms with Gasteiger partial charge in [0.2, 0.25) is 10.0 Å². The minimum atomic E-state index is -3.51. The van der Waals surface area contributed by atoms with Gasteiger partial charge in [0.05, 0.1) is 15.1 Å². The van der Waals surface area contributed by atoms with Gasteiger partial charge < -0.3 is 4.90 Å². The monoisotopic (exact) mass is 441 g/mol. The summed E-state index contributed by atoms with van der Waals surface area (Å²) in [5, 5.41) is 0.782. The first-order valence-corrected chi connectivity index (χ1v) is 12.2. The molecule has 1 aromatic heterocycles. The van der Waals surface area contributed by atoms with Gasteiger partial charge in [0, 0.05) is 31.4 Å². The number of aromatic nitrogens is 1. The fourth-order valence-corrected chi connectivity index (χ4v) is 6.05. The first kappa shape index (κ1) is 20.7. The highest BCUT2D eigenvalue weighted by Crippen LogP contribution is 2.31. The molecule has 0 aliphatic carbocycles. The highest BCUT2D eigenvalue weighted by molar-refractivity contribution is 7.89. The van der Waals surface area contributed by atoms with Crippen LogP contribution in [0, 0.1) is 0 Å². The van der Waals surface area contributed by atoms with E-state index in [2.05, 4.69) is 4.98 Å². The summed E-state index contributed by atoms with van der Waals surface area (Å²) in [4.78, 5) is 19.3. The van der Waals surface area contributed by atoms with Gasteiger partial charge in [-0.05, 0) is 48.4 Å². The van der Waals surface area contributed by atoms with Gasteiger partial charge in [-0.15, -0.1) is 11.3 Å². The zero-order valence-electron chi connectivity index (χ0n) is 16.9. The molecule has 4 rings (SSSR count). The van der Waals surface area contributed by atoms with E-state index in [0.29, 0.717) is 26.1 Å². The number of benzene rings is 2. The summed E-state index contributed by atoms with van der Waals surface area (Å²) in [6.45, 7) is 5.04. The maximum Gasteiger partial charge on any atom is 0.251 e. The van der Waals surface area contributed by atoms with Crippen molar-refractivity contribution in [2.45, 2.75) is 25.2 Å². The molecule has 0 bridgehead atoms. The number of amides is 1. The lowest BCUT2D eigenvalue weighted by atomic mass is 10.2. The molecule has 0 saturated carbocycles. The number of hydrogen-bond acceptors (Lipinski definition) is 5. The van der Waals surface area contributed by atoms with Crippen LogP contribution in [0.15, 0.2) is 53.4 Å². The first-order valence-electron chi connectivity index (χ1n) is 9.92. The molecule has 0 spiro atoms. The number of carbonyl (C=O) groups excluding carboxylic acids is 1. The van der Waals surface area contributed by atoms with Crippen LogP contribution in [0.3, 0.4) is 0 Å². The van der Waals surface area contributed by atoms with E-state index in [9.17, 15) is 13.2 Å². The van der Waals surface area contributed by atoms with Gasteiger partial charge in [-0.3, -0.25) is 4.79 Å². The van der Waals surface area contributed by atoms with Crippen molar-refractivity contribution in [2.24, 2.45) is 0 Å². The average molecular weight is 442 g/mol. The van der Waals surface area contributed by atoms with Crippen molar-refractivity contribution in [1.29, 1.82) is 0 Å². The minimum Gasteiger partial charge on any atom is -0.308 e. The second kappa shape index (κ2) is 8.29. The molecule has 1 amide bonds. The normalized spacial score (nSPS) is 14.2. The molecular formula is C22H23N3O3S2. The molecule has 156 valence electrons. The fourth-order valence-electron chi connectivity index (χ4n) is 3.67. The van der Waals surface area contributed by atoms with Gasteiger partial charge in [-0.2, -0.15) is 4.31 Å². The maximum absolute atomic E-state index is 12.8. The number of sulfonamides is 1. The number of carbonyl (C=O) groups is 1. The van der Waals surface area contributed by atoms with E-state index in [1.807, 2.05) is 38.1 Å². The van der Waals surface area contributed by atoms with Crippen LogP contribution in [0.1, 0.15) is 24.4 Å². The number of thiazole rings is 1. The van der Waals surface area contributed by atoms with Gasteiger partial charge in [-0.1, -0.05) is 26.0 Å². The van der Waals surface area contributed by atoms with Gasteiger partial charge in [0.25, 0.3) is 5.91 Å². The van der Waals surface area contributed by atoms with Gasteiger partial charge >= 0.3 is 0 Å². The quantitative estimate of drug-likeness (QED) is 0.544. The number of anilines is 1. The number of nitrogens with zero attached hydrogens (tertiary/aromatic N) is 3. The molecule has 3 aromatic rings. The summed E-state index contributed by atoms with van der Waals surface area (Å²) in [6.07, 6.45) is 3.91. The van der Waals surface area contributed by atoms with E-state index in [1.54, 1.807) is 29.2 Å². The summed E-state index contributed by atoms with van der Waals surface area (Å²) in [5.41, 5.74) is 2.57. The van der Waals surface area contributed by atoms with Crippen LogP contribution in [-0.2, 0) is 21.2 Å². The van der Waals surface area contributed by atoms with Crippen LogP contribution in [0.2, 0.25) is 0 Å². The molecule has 0 radical (unpaired) electrons. The lowest BCUT2D eigenvalue weighted by molar-refractivity contribution is -0.114. The lowest BCUT2D eigenvalue weighted by Crippen LogP contribution is -2.30. The molecule has 0 unspecified atom stereocenters. The summed E-state index contributed by atoms with van der Waals surface area (Å²) in [5.74, 6) is -0.132. The fraction of sp³-hybridized carbons (Fsp3) is 0.273. The smallest absolute Gasteiger partial charge is 0.251 e. The van der Waals surface area contributed by atoms with Crippen molar-refractivity contribution < 1.29 is 13.2 Å². The Kier molecular flexibility index (Phi) is 5.73. The Morgan fingerprint density at radius 2 is 1.97 bits per heavy atom. The predicted molar refractivity (Wildman–Crippen MR) is 121 cm³/mol. The highest BCUT2D eigenvalue weighted by atomic mass is 32.2. The summed E-state index contributed by atoms with van der Waals surface area (Å²) < 4.78 is 28.1. The third-order valence-electron chi connectivity index (χ3n) is 5.23. The Labute approximate surface area is 180 Å². The van der Waals surface area contributed by atoms with E-state index in [0.717, 1.165) is 26.5 Å². The van der Waals surface area contributed by atoms with Crippen LogP contribution in [0.5, 0.6) is 0 Å². The first-order chi connectivity index (χ1) is 14.4. The lowest BCUT2D eigenvalue weighted by Gasteiger charge is -2.19. The third-order valence-corrected chi connectivity index (χ3v) is 8.28. The van der Waals surface area contributed by atoms with Gasteiger partial charge in [-0.25, -0.2) is 13.4 Å². The largest absolute Gasteiger partial charge is 0.308 e. The van der Waals surface area contributed by atoms with Crippen LogP contribution in [-0.4, -0.2) is 43.2 Å². The standard InChI is InChI=1S/C22H23N3O3S2/c1-3-24(4-2)30(27,28)17-9-10-19-16(15-17)13-14-25(19)22(26)12-11-21-23-18-7-5-6-8-20(18)29-21/h5-12,15H,3-4,13-14H2,1-2H3/b12-11+. The van der Waals surface area contributed by atoms with E-state index >= 15 is 0 Å². The maximum atomic E-state index is 12.8. The number of para-hydroxylation sites is 1. The molecule has 1 aliphatic rings. The van der Waals surface area contributed by atoms with Crippen LogP contribution < -0.4 is 4.90 Å². The van der Waals surface area contributed by atoms with E-state index in [4.69, 9.17) is 0 Å². The van der Waals surface area contributed by atoms with Crippen LogP contribution in [0.4, 0.5) is 5.69 Å². The predicted octanol–water partition coefficient (Wildman–Crippen LogP) is 3.93. The molecule has 2 aromatic carbocycles. The molecule has 8 heteroatoms. The van der Waals surface area contributed by atoms with Crippen molar-refractivity contribution in [3.8, 4) is 0 Å². The van der Waals surface area contributed by atoms with E-state index < -0.39 is 10.0 Å². The zero-order valence-corrected chi connectivity index (χ0v) is 18.5. The van der Waals surface area contributed by atoms with Crippen LogP contribution >= 0.6 is 11.3 Å². The van der Waals surface area contributed by atoms with E-state index in [1.165, 1.54) is 21.7 Å². The average Bonchev–Trinajstić information content (AvgIpc) is 3.36. The molecule has 6 nitrogen and oxygen atoms in total. The Morgan fingerprint density at radius 3 is 2.70 bits per heavy atom. The van der Waals surface area contributed by atoms with Crippen molar-refractivity contribution >= 4 is 49.2 Å². The Bertz CT molecular complexity index is 1190. The second-order valence-corrected chi connectivity index (χ2v) is 9.97. The summed E-state index contributed by atoms with van der Waals surface area (Å²) >= 11 is 1.54. The molecule has 30 heavy (non-hydrogen) atoms. The van der Waals surface area contributed by atoms with Crippen molar-refractivity contribution in [3.63, 3.8) is 0 Å². The number of rotatable bonds is 6. The minimum absolute atomic E-state index is 0.132.